The first-order valence-electron chi connectivity index (χ1n) is 8.65. The van der Waals surface area contributed by atoms with E-state index in [9.17, 15) is 4.79 Å². The molecule has 0 saturated heterocycles. The lowest BCUT2D eigenvalue weighted by Gasteiger charge is -2.24. The number of hydrogen-bond donors (Lipinski definition) is 0. The van der Waals surface area contributed by atoms with Gasteiger partial charge < -0.3 is 4.90 Å². The van der Waals surface area contributed by atoms with Crippen molar-refractivity contribution >= 4 is 17.5 Å². The van der Waals surface area contributed by atoms with Gasteiger partial charge >= 0.3 is 0 Å². The fourth-order valence-electron chi connectivity index (χ4n) is 3.62. The van der Waals surface area contributed by atoms with Gasteiger partial charge in [-0.15, -0.1) is 0 Å². The smallest absolute Gasteiger partial charge is 0.255 e. The number of benzene rings is 2. The number of nitrogens with zero attached hydrogens (tertiary/aromatic N) is 2. The van der Waals surface area contributed by atoms with Crippen LogP contribution < -0.4 is 0 Å². The summed E-state index contributed by atoms with van der Waals surface area (Å²) in [6.07, 6.45) is 3.62. The van der Waals surface area contributed by atoms with Crippen molar-refractivity contribution < 1.29 is 4.79 Å². The number of aryl methyl sites for hydroxylation is 1. The first-order chi connectivity index (χ1) is 12.5. The van der Waals surface area contributed by atoms with Gasteiger partial charge in [0.25, 0.3) is 5.91 Å². The lowest BCUT2D eigenvalue weighted by Crippen LogP contribution is -2.27. The highest BCUT2D eigenvalue weighted by Crippen LogP contribution is 2.35. The summed E-state index contributed by atoms with van der Waals surface area (Å²) in [6.45, 7) is 4.68. The maximum Gasteiger partial charge on any atom is 0.255 e. The van der Waals surface area contributed by atoms with E-state index in [0.717, 1.165) is 33.4 Å². The third-order valence-electron chi connectivity index (χ3n) is 5.05. The first kappa shape index (κ1) is 16.8. The van der Waals surface area contributed by atoms with Crippen LogP contribution in [0.4, 0.5) is 0 Å². The van der Waals surface area contributed by atoms with E-state index in [1.807, 2.05) is 54.4 Å². The van der Waals surface area contributed by atoms with Crippen LogP contribution in [-0.2, 0) is 6.54 Å². The molecule has 3 nitrogen and oxygen atoms in total. The molecular formula is C22H19ClN2O. The summed E-state index contributed by atoms with van der Waals surface area (Å²) in [7, 11) is 0. The summed E-state index contributed by atoms with van der Waals surface area (Å²) in [5.41, 5.74) is 6.17. The zero-order valence-corrected chi connectivity index (χ0v) is 15.5. The van der Waals surface area contributed by atoms with E-state index in [1.54, 1.807) is 6.20 Å². The number of carbonyl (C=O) groups excluding carboxylic acids is 1. The highest BCUT2D eigenvalue weighted by molar-refractivity contribution is 6.30. The van der Waals surface area contributed by atoms with Crippen molar-refractivity contribution in [3.8, 4) is 11.1 Å². The number of rotatable bonds is 3. The van der Waals surface area contributed by atoms with Gasteiger partial charge in [0.05, 0.1) is 6.04 Å². The number of pyridine rings is 1. The molecule has 1 aliphatic heterocycles. The van der Waals surface area contributed by atoms with Crippen LogP contribution >= 0.6 is 11.6 Å². The van der Waals surface area contributed by atoms with E-state index in [4.69, 9.17) is 11.6 Å². The van der Waals surface area contributed by atoms with Crippen molar-refractivity contribution in [3.63, 3.8) is 0 Å². The molecule has 4 rings (SSSR count). The van der Waals surface area contributed by atoms with E-state index in [1.165, 1.54) is 0 Å². The Balaban J connectivity index is 1.69. The Morgan fingerprint density at radius 2 is 1.88 bits per heavy atom. The normalized spacial score (nSPS) is 14.4. The second-order valence-electron chi connectivity index (χ2n) is 6.73. The van der Waals surface area contributed by atoms with Crippen molar-refractivity contribution in [2.75, 3.05) is 0 Å². The Labute approximate surface area is 158 Å². The molecule has 0 spiro atoms. The molecule has 0 aliphatic carbocycles. The number of carbonyl (C=O) groups is 1. The Bertz CT molecular complexity index is 967. The Morgan fingerprint density at radius 1 is 1.12 bits per heavy atom. The average Bonchev–Trinajstić information content (AvgIpc) is 2.99. The van der Waals surface area contributed by atoms with Crippen molar-refractivity contribution in [3.05, 3.63) is 88.2 Å². The minimum atomic E-state index is -0.00610. The number of halogens is 1. The SMILES string of the molecule is Cc1cc(-c2cccnc2)cc2c1C(=O)N(C(C)c1ccc(Cl)cc1)C2. The first-order valence-corrected chi connectivity index (χ1v) is 9.03. The van der Waals surface area contributed by atoms with Gasteiger partial charge in [0.1, 0.15) is 0 Å². The molecule has 1 aromatic heterocycles. The molecule has 1 atom stereocenters. The van der Waals surface area contributed by atoms with Crippen LogP contribution in [0, 0.1) is 6.92 Å². The molecule has 2 aromatic carbocycles. The molecule has 3 aromatic rings. The van der Waals surface area contributed by atoms with Gasteiger partial charge in [-0.05, 0) is 60.4 Å². The maximum absolute atomic E-state index is 13.0. The predicted octanol–water partition coefficient (Wildman–Crippen LogP) is 5.43. The monoisotopic (exact) mass is 362 g/mol. The molecule has 0 N–H and O–H groups in total. The van der Waals surface area contributed by atoms with E-state index in [2.05, 4.69) is 24.0 Å². The molecule has 0 radical (unpaired) electrons. The fourth-order valence-corrected chi connectivity index (χ4v) is 3.75. The molecule has 1 unspecified atom stereocenters. The van der Waals surface area contributed by atoms with Crippen LogP contribution in [0.1, 0.15) is 40.0 Å². The quantitative estimate of drug-likeness (QED) is 0.622. The predicted molar refractivity (Wildman–Crippen MR) is 104 cm³/mol. The highest BCUT2D eigenvalue weighted by atomic mass is 35.5. The zero-order chi connectivity index (χ0) is 18.3. The van der Waals surface area contributed by atoms with Gasteiger partial charge in [0, 0.05) is 35.1 Å². The number of fused-ring (bicyclic) bond motifs is 1. The van der Waals surface area contributed by atoms with Gasteiger partial charge in [-0.1, -0.05) is 35.9 Å². The largest absolute Gasteiger partial charge is 0.328 e. The summed E-state index contributed by atoms with van der Waals surface area (Å²) in [5.74, 6) is 0.0951. The second-order valence-corrected chi connectivity index (χ2v) is 7.17. The molecule has 130 valence electrons. The Morgan fingerprint density at radius 3 is 2.58 bits per heavy atom. The van der Waals surface area contributed by atoms with Crippen molar-refractivity contribution in [2.45, 2.75) is 26.4 Å². The molecule has 0 fully saturated rings. The van der Waals surface area contributed by atoms with Crippen LogP contribution in [0.25, 0.3) is 11.1 Å². The molecule has 0 bridgehead atoms. The van der Waals surface area contributed by atoms with E-state index < -0.39 is 0 Å². The van der Waals surface area contributed by atoms with Crippen LogP contribution in [0.3, 0.4) is 0 Å². The van der Waals surface area contributed by atoms with E-state index in [-0.39, 0.29) is 11.9 Å². The lowest BCUT2D eigenvalue weighted by molar-refractivity contribution is 0.0715. The van der Waals surface area contributed by atoms with Crippen molar-refractivity contribution in [1.29, 1.82) is 0 Å². The van der Waals surface area contributed by atoms with Gasteiger partial charge in [-0.2, -0.15) is 0 Å². The summed E-state index contributed by atoms with van der Waals surface area (Å²) in [6, 6.07) is 15.9. The Hall–Kier alpha value is -2.65. The Kier molecular flexibility index (Phi) is 4.25. The van der Waals surface area contributed by atoms with Gasteiger partial charge in [-0.25, -0.2) is 0 Å². The molecule has 1 aliphatic rings. The fraction of sp³-hybridized carbons (Fsp3) is 0.182. The van der Waals surface area contributed by atoms with Crippen LogP contribution in [0.15, 0.2) is 60.9 Å². The molecular weight excluding hydrogens is 344 g/mol. The van der Waals surface area contributed by atoms with Gasteiger partial charge in [0.2, 0.25) is 0 Å². The average molecular weight is 363 g/mol. The highest BCUT2D eigenvalue weighted by Gasteiger charge is 2.33. The van der Waals surface area contributed by atoms with Crippen LogP contribution in [0.5, 0.6) is 0 Å². The number of amides is 1. The third-order valence-corrected chi connectivity index (χ3v) is 5.30. The third kappa shape index (κ3) is 2.89. The van der Waals surface area contributed by atoms with E-state index in [0.29, 0.717) is 11.6 Å². The summed E-state index contributed by atoms with van der Waals surface area (Å²) in [5, 5.41) is 0.703. The van der Waals surface area contributed by atoms with Gasteiger partial charge in [-0.3, -0.25) is 9.78 Å². The zero-order valence-electron chi connectivity index (χ0n) is 14.7. The van der Waals surface area contributed by atoms with Crippen LogP contribution in [-0.4, -0.2) is 15.8 Å². The second kappa shape index (κ2) is 6.58. The van der Waals surface area contributed by atoms with Crippen molar-refractivity contribution in [2.24, 2.45) is 0 Å². The van der Waals surface area contributed by atoms with E-state index >= 15 is 0 Å². The standard InChI is InChI=1S/C22H19ClN2O/c1-14-10-18(17-4-3-9-24-12-17)11-19-13-25(22(26)21(14)19)15(2)16-5-7-20(23)8-6-16/h3-12,15H,13H2,1-2H3. The molecule has 26 heavy (non-hydrogen) atoms. The topological polar surface area (TPSA) is 33.2 Å². The molecule has 0 saturated carbocycles. The molecule has 2 heterocycles. The number of hydrogen-bond acceptors (Lipinski definition) is 2. The summed E-state index contributed by atoms with van der Waals surface area (Å²) < 4.78 is 0. The minimum absolute atomic E-state index is 0.00610. The van der Waals surface area contributed by atoms with Crippen molar-refractivity contribution in [1.82, 2.24) is 9.88 Å². The molecule has 1 amide bonds. The molecule has 4 heteroatoms. The minimum Gasteiger partial charge on any atom is -0.328 e. The maximum atomic E-state index is 13.0. The van der Waals surface area contributed by atoms with Crippen LogP contribution in [0.2, 0.25) is 5.02 Å². The van der Waals surface area contributed by atoms with Gasteiger partial charge in [0.15, 0.2) is 0 Å². The lowest BCUT2D eigenvalue weighted by atomic mass is 9.97. The summed E-state index contributed by atoms with van der Waals surface area (Å²) >= 11 is 5.99. The number of aromatic nitrogens is 1. The summed E-state index contributed by atoms with van der Waals surface area (Å²) in [4.78, 5) is 19.2.